The molecule has 2 atom stereocenters. The number of hydrogen-bond acceptors (Lipinski definition) is 2. The van der Waals surface area contributed by atoms with E-state index in [1.54, 1.807) is 0 Å². The highest BCUT2D eigenvalue weighted by Gasteiger charge is 2.27. The number of hydrogen-bond donors (Lipinski definition) is 1. The van der Waals surface area contributed by atoms with Gasteiger partial charge >= 0.3 is 0 Å². The highest BCUT2D eigenvalue weighted by molar-refractivity contribution is 5.79. The molecular formula is C13H23NO. The van der Waals surface area contributed by atoms with E-state index in [0.717, 1.165) is 31.2 Å². The summed E-state index contributed by atoms with van der Waals surface area (Å²) in [5, 5.41) is 3.43. The lowest BCUT2D eigenvalue weighted by molar-refractivity contribution is -0.120. The van der Waals surface area contributed by atoms with E-state index in [4.69, 9.17) is 0 Å². The third-order valence-corrected chi connectivity index (χ3v) is 3.90. The summed E-state index contributed by atoms with van der Waals surface area (Å²) < 4.78 is 0. The molecule has 1 heterocycles. The first kappa shape index (κ1) is 11.1. The molecule has 1 aliphatic carbocycles. The van der Waals surface area contributed by atoms with Crippen LogP contribution < -0.4 is 5.32 Å². The standard InChI is InChI=1S/C13H23NO/c1-10(12-3-2-6-14-9-12)7-13(15)8-11-4-5-11/h10-12,14H,2-9H2,1H3. The van der Waals surface area contributed by atoms with Gasteiger partial charge in [-0.05, 0) is 56.5 Å². The third kappa shape index (κ3) is 3.60. The van der Waals surface area contributed by atoms with E-state index in [0.29, 0.717) is 11.7 Å². The molecule has 0 aromatic heterocycles. The summed E-state index contributed by atoms with van der Waals surface area (Å²) in [6.07, 6.45) is 6.88. The number of nitrogens with one attached hydrogen (secondary N) is 1. The van der Waals surface area contributed by atoms with Crippen LogP contribution in [-0.2, 0) is 4.79 Å². The first-order valence-corrected chi connectivity index (χ1v) is 6.48. The van der Waals surface area contributed by atoms with Crippen LogP contribution in [0.1, 0.15) is 45.4 Å². The van der Waals surface area contributed by atoms with Crippen molar-refractivity contribution >= 4 is 5.78 Å². The fourth-order valence-electron chi connectivity index (χ4n) is 2.62. The summed E-state index contributed by atoms with van der Waals surface area (Å²) in [5.74, 6) is 2.59. The van der Waals surface area contributed by atoms with Crippen LogP contribution in [0.15, 0.2) is 0 Å². The van der Waals surface area contributed by atoms with Gasteiger partial charge in [0, 0.05) is 12.8 Å². The summed E-state index contributed by atoms with van der Waals surface area (Å²) in [5.41, 5.74) is 0. The van der Waals surface area contributed by atoms with Gasteiger partial charge in [-0.25, -0.2) is 0 Å². The van der Waals surface area contributed by atoms with E-state index in [-0.39, 0.29) is 0 Å². The Bertz CT molecular complexity index is 217. The van der Waals surface area contributed by atoms with Crippen LogP contribution in [-0.4, -0.2) is 18.9 Å². The van der Waals surface area contributed by atoms with Gasteiger partial charge in [-0.1, -0.05) is 6.92 Å². The molecule has 15 heavy (non-hydrogen) atoms. The van der Waals surface area contributed by atoms with Crippen LogP contribution in [0.3, 0.4) is 0 Å². The number of ketones is 1. The number of carbonyl (C=O) groups is 1. The molecule has 2 unspecified atom stereocenters. The van der Waals surface area contributed by atoms with Gasteiger partial charge in [0.15, 0.2) is 0 Å². The summed E-state index contributed by atoms with van der Waals surface area (Å²) >= 11 is 0. The lowest BCUT2D eigenvalue weighted by Crippen LogP contribution is -2.34. The lowest BCUT2D eigenvalue weighted by Gasteiger charge is -2.28. The zero-order valence-corrected chi connectivity index (χ0v) is 9.80. The Balaban J connectivity index is 1.69. The van der Waals surface area contributed by atoms with E-state index in [9.17, 15) is 4.79 Å². The highest BCUT2D eigenvalue weighted by Crippen LogP contribution is 2.34. The van der Waals surface area contributed by atoms with E-state index >= 15 is 0 Å². The molecule has 1 N–H and O–H groups in total. The predicted octanol–water partition coefficient (Wildman–Crippen LogP) is 2.38. The second-order valence-electron chi connectivity index (χ2n) is 5.47. The van der Waals surface area contributed by atoms with Gasteiger partial charge in [-0.2, -0.15) is 0 Å². The van der Waals surface area contributed by atoms with E-state index in [1.165, 1.54) is 32.2 Å². The molecule has 1 aliphatic heterocycles. The summed E-state index contributed by atoms with van der Waals surface area (Å²) in [7, 11) is 0. The van der Waals surface area contributed by atoms with E-state index in [1.807, 2.05) is 0 Å². The van der Waals surface area contributed by atoms with Crippen molar-refractivity contribution in [2.75, 3.05) is 13.1 Å². The SMILES string of the molecule is CC(CC(=O)CC1CC1)C1CCCNC1. The molecule has 0 spiro atoms. The maximum Gasteiger partial charge on any atom is 0.133 e. The molecular weight excluding hydrogens is 186 g/mol. The fraction of sp³-hybridized carbons (Fsp3) is 0.923. The van der Waals surface area contributed by atoms with Gasteiger partial charge in [0.05, 0.1) is 0 Å². The maximum absolute atomic E-state index is 11.7. The first-order valence-electron chi connectivity index (χ1n) is 6.48. The minimum atomic E-state index is 0.510. The molecule has 2 heteroatoms. The number of carbonyl (C=O) groups excluding carboxylic acids is 1. The largest absolute Gasteiger partial charge is 0.316 e. The normalized spacial score (nSPS) is 28.7. The first-order chi connectivity index (χ1) is 7.25. The molecule has 2 rings (SSSR count). The Kier molecular flexibility index (Phi) is 3.79. The van der Waals surface area contributed by atoms with Crippen molar-refractivity contribution in [2.24, 2.45) is 17.8 Å². The van der Waals surface area contributed by atoms with Gasteiger partial charge < -0.3 is 5.32 Å². The molecule has 0 aromatic carbocycles. The molecule has 1 saturated carbocycles. The van der Waals surface area contributed by atoms with Gasteiger partial charge in [0.2, 0.25) is 0 Å². The zero-order chi connectivity index (χ0) is 10.7. The average Bonchev–Trinajstić information content (AvgIpc) is 3.03. The molecule has 86 valence electrons. The molecule has 2 nitrogen and oxygen atoms in total. The van der Waals surface area contributed by atoms with Crippen LogP contribution >= 0.6 is 0 Å². The van der Waals surface area contributed by atoms with Gasteiger partial charge in [-0.15, -0.1) is 0 Å². The topological polar surface area (TPSA) is 29.1 Å². The van der Waals surface area contributed by atoms with Crippen molar-refractivity contribution in [3.8, 4) is 0 Å². The Morgan fingerprint density at radius 1 is 1.40 bits per heavy atom. The predicted molar refractivity (Wildman–Crippen MR) is 61.7 cm³/mol. The Labute approximate surface area is 92.8 Å². The van der Waals surface area contributed by atoms with E-state index in [2.05, 4.69) is 12.2 Å². The van der Waals surface area contributed by atoms with Gasteiger partial charge in [-0.3, -0.25) is 4.79 Å². The number of Topliss-reactive ketones (excluding diaryl/α,β-unsaturated/α-hetero) is 1. The molecule has 1 saturated heterocycles. The summed E-state index contributed by atoms with van der Waals surface area (Å²) in [6.45, 7) is 4.54. The second kappa shape index (κ2) is 5.11. The zero-order valence-electron chi connectivity index (χ0n) is 9.80. The van der Waals surface area contributed by atoms with E-state index < -0.39 is 0 Å². The van der Waals surface area contributed by atoms with Gasteiger partial charge in [0.25, 0.3) is 0 Å². The maximum atomic E-state index is 11.7. The van der Waals surface area contributed by atoms with Crippen LogP contribution in [0.25, 0.3) is 0 Å². The number of rotatable bonds is 5. The molecule has 0 aromatic rings. The van der Waals surface area contributed by atoms with Crippen LogP contribution in [0, 0.1) is 17.8 Å². The van der Waals surface area contributed by atoms with Crippen LogP contribution in [0.4, 0.5) is 0 Å². The summed E-state index contributed by atoms with van der Waals surface area (Å²) in [4.78, 5) is 11.7. The van der Waals surface area contributed by atoms with Crippen LogP contribution in [0.5, 0.6) is 0 Å². The highest BCUT2D eigenvalue weighted by atomic mass is 16.1. The number of piperidine rings is 1. The van der Waals surface area contributed by atoms with Crippen molar-refractivity contribution in [3.05, 3.63) is 0 Å². The Morgan fingerprint density at radius 2 is 2.20 bits per heavy atom. The van der Waals surface area contributed by atoms with Crippen molar-refractivity contribution in [1.29, 1.82) is 0 Å². The lowest BCUT2D eigenvalue weighted by atomic mass is 9.84. The molecule has 2 aliphatic rings. The van der Waals surface area contributed by atoms with Crippen molar-refractivity contribution in [2.45, 2.75) is 45.4 Å². The van der Waals surface area contributed by atoms with Crippen LogP contribution in [0.2, 0.25) is 0 Å². The monoisotopic (exact) mass is 209 g/mol. The smallest absolute Gasteiger partial charge is 0.133 e. The minimum absolute atomic E-state index is 0.510. The molecule has 0 amide bonds. The van der Waals surface area contributed by atoms with Crippen molar-refractivity contribution < 1.29 is 4.79 Å². The Morgan fingerprint density at radius 3 is 2.80 bits per heavy atom. The summed E-state index contributed by atoms with van der Waals surface area (Å²) in [6, 6.07) is 0. The van der Waals surface area contributed by atoms with Crippen molar-refractivity contribution in [1.82, 2.24) is 5.32 Å². The Hall–Kier alpha value is -0.370. The minimum Gasteiger partial charge on any atom is -0.316 e. The molecule has 2 fully saturated rings. The van der Waals surface area contributed by atoms with Crippen molar-refractivity contribution in [3.63, 3.8) is 0 Å². The molecule has 0 bridgehead atoms. The third-order valence-electron chi connectivity index (χ3n) is 3.90. The average molecular weight is 209 g/mol. The fourth-order valence-corrected chi connectivity index (χ4v) is 2.62. The molecule has 0 radical (unpaired) electrons. The quantitative estimate of drug-likeness (QED) is 0.753. The van der Waals surface area contributed by atoms with Gasteiger partial charge in [0.1, 0.15) is 5.78 Å². The second-order valence-corrected chi connectivity index (χ2v) is 5.47.